The van der Waals surface area contributed by atoms with Crippen LogP contribution in [0.15, 0.2) is 0 Å². The molecule has 2 N–H and O–H groups in total. The van der Waals surface area contributed by atoms with Gasteiger partial charge < -0.3 is 10.4 Å². The lowest BCUT2D eigenvalue weighted by molar-refractivity contribution is 0.244. The van der Waals surface area contributed by atoms with Crippen LogP contribution in [0.25, 0.3) is 0 Å². The Hall–Kier alpha value is -0.0800. The standard InChI is InChI=1S/C12H25NO/c1-10(6-7-14)9-13-11(2)8-12-4-3-5-12/h10-14H,3-9H2,1-2H3. The fourth-order valence-electron chi connectivity index (χ4n) is 2.04. The van der Waals surface area contributed by atoms with Crippen molar-refractivity contribution in [1.82, 2.24) is 5.32 Å². The van der Waals surface area contributed by atoms with Crippen LogP contribution in [0, 0.1) is 11.8 Å². The van der Waals surface area contributed by atoms with E-state index in [4.69, 9.17) is 5.11 Å². The summed E-state index contributed by atoms with van der Waals surface area (Å²) in [7, 11) is 0. The van der Waals surface area contributed by atoms with Crippen LogP contribution in [0.2, 0.25) is 0 Å². The van der Waals surface area contributed by atoms with Crippen LogP contribution in [0.3, 0.4) is 0 Å². The normalized spacial score (nSPS) is 21.6. The molecule has 0 spiro atoms. The van der Waals surface area contributed by atoms with E-state index in [9.17, 15) is 0 Å². The molecule has 0 bridgehead atoms. The Morgan fingerprint density at radius 2 is 2.07 bits per heavy atom. The van der Waals surface area contributed by atoms with Gasteiger partial charge in [-0.15, -0.1) is 0 Å². The van der Waals surface area contributed by atoms with Gasteiger partial charge in [-0.2, -0.15) is 0 Å². The minimum Gasteiger partial charge on any atom is -0.396 e. The van der Waals surface area contributed by atoms with E-state index in [-0.39, 0.29) is 0 Å². The van der Waals surface area contributed by atoms with Gasteiger partial charge in [0.25, 0.3) is 0 Å². The van der Waals surface area contributed by atoms with Crippen molar-refractivity contribution in [3.05, 3.63) is 0 Å². The predicted octanol–water partition coefficient (Wildman–Crippen LogP) is 2.17. The average Bonchev–Trinajstić information content (AvgIpc) is 2.09. The van der Waals surface area contributed by atoms with Gasteiger partial charge in [-0.1, -0.05) is 26.2 Å². The lowest BCUT2D eigenvalue weighted by Crippen LogP contribution is -2.33. The molecule has 1 rings (SSSR count). The fraction of sp³-hybridized carbons (Fsp3) is 1.00. The molecule has 2 nitrogen and oxygen atoms in total. The Morgan fingerprint density at radius 3 is 2.57 bits per heavy atom. The predicted molar refractivity (Wildman–Crippen MR) is 60.3 cm³/mol. The van der Waals surface area contributed by atoms with Crippen molar-refractivity contribution in [2.24, 2.45) is 11.8 Å². The molecular formula is C12H25NO. The Bertz CT molecular complexity index is 145. The van der Waals surface area contributed by atoms with E-state index in [1.807, 2.05) is 0 Å². The maximum absolute atomic E-state index is 8.77. The molecule has 84 valence electrons. The molecule has 2 unspecified atom stereocenters. The highest BCUT2D eigenvalue weighted by molar-refractivity contribution is 4.75. The lowest BCUT2D eigenvalue weighted by atomic mass is 9.81. The highest BCUT2D eigenvalue weighted by atomic mass is 16.3. The van der Waals surface area contributed by atoms with E-state index in [0.29, 0.717) is 18.6 Å². The zero-order chi connectivity index (χ0) is 10.4. The van der Waals surface area contributed by atoms with E-state index in [0.717, 1.165) is 18.9 Å². The first kappa shape index (κ1) is 12.0. The third kappa shape index (κ3) is 4.43. The van der Waals surface area contributed by atoms with E-state index >= 15 is 0 Å². The summed E-state index contributed by atoms with van der Waals surface area (Å²) < 4.78 is 0. The quantitative estimate of drug-likeness (QED) is 0.658. The van der Waals surface area contributed by atoms with Crippen LogP contribution in [0.1, 0.15) is 46.0 Å². The zero-order valence-corrected chi connectivity index (χ0v) is 9.63. The van der Waals surface area contributed by atoms with Gasteiger partial charge >= 0.3 is 0 Å². The number of hydrogen-bond donors (Lipinski definition) is 2. The number of rotatable bonds is 7. The van der Waals surface area contributed by atoms with E-state index in [1.165, 1.54) is 25.7 Å². The van der Waals surface area contributed by atoms with Crippen molar-refractivity contribution in [2.75, 3.05) is 13.2 Å². The Balaban J connectivity index is 1.98. The van der Waals surface area contributed by atoms with Gasteiger partial charge in [-0.05, 0) is 38.1 Å². The topological polar surface area (TPSA) is 32.3 Å². The molecule has 1 aliphatic rings. The molecule has 2 heteroatoms. The second-order valence-electron chi connectivity index (χ2n) is 4.96. The molecule has 1 saturated carbocycles. The second kappa shape index (κ2) is 6.41. The van der Waals surface area contributed by atoms with Crippen LogP contribution >= 0.6 is 0 Å². The van der Waals surface area contributed by atoms with Crippen LogP contribution < -0.4 is 5.32 Å². The molecule has 0 amide bonds. The zero-order valence-electron chi connectivity index (χ0n) is 9.63. The molecule has 14 heavy (non-hydrogen) atoms. The van der Waals surface area contributed by atoms with E-state index < -0.39 is 0 Å². The van der Waals surface area contributed by atoms with Crippen molar-refractivity contribution in [3.63, 3.8) is 0 Å². The van der Waals surface area contributed by atoms with E-state index in [2.05, 4.69) is 19.2 Å². The molecule has 1 fully saturated rings. The van der Waals surface area contributed by atoms with Crippen LogP contribution in [-0.4, -0.2) is 24.3 Å². The SMILES string of the molecule is CC(CCO)CNC(C)CC1CCC1. The molecule has 0 aromatic heterocycles. The summed E-state index contributed by atoms with van der Waals surface area (Å²) in [5.74, 6) is 1.59. The molecule has 0 radical (unpaired) electrons. The summed E-state index contributed by atoms with van der Waals surface area (Å²) in [4.78, 5) is 0. The second-order valence-corrected chi connectivity index (χ2v) is 4.96. The molecule has 0 saturated heterocycles. The molecule has 0 heterocycles. The first-order valence-electron chi connectivity index (χ1n) is 6.06. The van der Waals surface area contributed by atoms with Gasteiger partial charge in [-0.3, -0.25) is 0 Å². The van der Waals surface area contributed by atoms with Crippen molar-refractivity contribution in [3.8, 4) is 0 Å². The van der Waals surface area contributed by atoms with Gasteiger partial charge in [0.2, 0.25) is 0 Å². The number of aliphatic hydroxyl groups is 1. The number of nitrogens with one attached hydrogen (secondary N) is 1. The summed E-state index contributed by atoms with van der Waals surface area (Å²) in [6.45, 7) is 5.84. The maximum Gasteiger partial charge on any atom is 0.0434 e. The van der Waals surface area contributed by atoms with Crippen LogP contribution in [0.4, 0.5) is 0 Å². The monoisotopic (exact) mass is 199 g/mol. The number of hydrogen-bond acceptors (Lipinski definition) is 2. The van der Waals surface area contributed by atoms with Crippen molar-refractivity contribution in [1.29, 1.82) is 0 Å². The summed E-state index contributed by atoms with van der Waals surface area (Å²) in [6.07, 6.45) is 6.59. The van der Waals surface area contributed by atoms with Gasteiger partial charge in [0.1, 0.15) is 0 Å². The molecule has 0 aliphatic heterocycles. The van der Waals surface area contributed by atoms with Gasteiger partial charge in [-0.25, -0.2) is 0 Å². The first-order valence-corrected chi connectivity index (χ1v) is 6.06. The fourth-order valence-corrected chi connectivity index (χ4v) is 2.04. The first-order chi connectivity index (χ1) is 6.72. The maximum atomic E-state index is 8.77. The van der Waals surface area contributed by atoms with Crippen molar-refractivity contribution in [2.45, 2.75) is 52.0 Å². The molecule has 0 aromatic carbocycles. The summed E-state index contributed by atoms with van der Waals surface area (Å²) in [5, 5.41) is 12.3. The lowest BCUT2D eigenvalue weighted by Gasteiger charge is -2.29. The summed E-state index contributed by atoms with van der Waals surface area (Å²) >= 11 is 0. The van der Waals surface area contributed by atoms with Crippen LogP contribution in [-0.2, 0) is 0 Å². The largest absolute Gasteiger partial charge is 0.396 e. The van der Waals surface area contributed by atoms with Crippen LogP contribution in [0.5, 0.6) is 0 Å². The molecule has 2 atom stereocenters. The van der Waals surface area contributed by atoms with Gasteiger partial charge in [0, 0.05) is 12.6 Å². The summed E-state index contributed by atoms with van der Waals surface area (Å²) in [6, 6.07) is 0.654. The van der Waals surface area contributed by atoms with Gasteiger partial charge in [0.15, 0.2) is 0 Å². The molecule has 1 aliphatic carbocycles. The minimum absolute atomic E-state index is 0.319. The minimum atomic E-state index is 0.319. The third-order valence-electron chi connectivity index (χ3n) is 3.35. The van der Waals surface area contributed by atoms with Crippen molar-refractivity contribution >= 4 is 0 Å². The Labute approximate surface area is 88.1 Å². The molecule has 0 aromatic rings. The smallest absolute Gasteiger partial charge is 0.0434 e. The van der Waals surface area contributed by atoms with Gasteiger partial charge in [0.05, 0.1) is 0 Å². The molecular weight excluding hydrogens is 174 g/mol. The Kier molecular flexibility index (Phi) is 5.49. The highest BCUT2D eigenvalue weighted by Crippen LogP contribution is 2.30. The average molecular weight is 199 g/mol. The van der Waals surface area contributed by atoms with E-state index in [1.54, 1.807) is 0 Å². The Morgan fingerprint density at radius 1 is 1.36 bits per heavy atom. The highest BCUT2D eigenvalue weighted by Gasteiger charge is 2.19. The summed E-state index contributed by atoms with van der Waals surface area (Å²) in [5.41, 5.74) is 0. The number of aliphatic hydroxyl groups excluding tert-OH is 1. The third-order valence-corrected chi connectivity index (χ3v) is 3.35. The van der Waals surface area contributed by atoms with Crippen molar-refractivity contribution < 1.29 is 5.11 Å².